The topological polar surface area (TPSA) is 84.9 Å². The van der Waals surface area contributed by atoms with Gasteiger partial charge in [0.15, 0.2) is 0 Å². The second-order valence-corrected chi connectivity index (χ2v) is 5.57. The van der Waals surface area contributed by atoms with Gasteiger partial charge in [0.2, 0.25) is 5.91 Å². The summed E-state index contributed by atoms with van der Waals surface area (Å²) in [6, 6.07) is 5.34. The maximum absolute atomic E-state index is 12.0. The first-order valence-corrected chi connectivity index (χ1v) is 7.22. The lowest BCUT2D eigenvalue weighted by atomic mass is 9.66. The molecule has 0 aromatic heterocycles. The predicted octanol–water partition coefficient (Wildman–Crippen LogP) is 1.96. The lowest BCUT2D eigenvalue weighted by molar-refractivity contribution is -0.157. The van der Waals surface area contributed by atoms with Crippen molar-refractivity contribution in [3.05, 3.63) is 23.8 Å². The van der Waals surface area contributed by atoms with Gasteiger partial charge >= 0.3 is 5.97 Å². The number of amides is 1. The zero-order valence-corrected chi connectivity index (χ0v) is 12.8. The predicted molar refractivity (Wildman–Crippen MR) is 79.9 cm³/mol. The molecule has 1 saturated carbocycles. The lowest BCUT2D eigenvalue weighted by Gasteiger charge is -2.36. The molecular weight excluding hydrogens is 286 g/mol. The van der Waals surface area contributed by atoms with Crippen molar-refractivity contribution in [2.75, 3.05) is 14.2 Å². The Balaban J connectivity index is 1.95. The van der Waals surface area contributed by atoms with Crippen LogP contribution in [0.4, 0.5) is 0 Å². The number of ether oxygens (including phenoxy) is 2. The van der Waals surface area contributed by atoms with Crippen LogP contribution in [0.3, 0.4) is 0 Å². The monoisotopic (exact) mass is 307 g/mol. The van der Waals surface area contributed by atoms with Gasteiger partial charge < -0.3 is 19.9 Å². The molecule has 1 amide bonds. The number of hydrogen-bond acceptors (Lipinski definition) is 4. The molecule has 1 aliphatic carbocycles. The van der Waals surface area contributed by atoms with Crippen LogP contribution in [0.25, 0.3) is 0 Å². The third-order valence-electron chi connectivity index (χ3n) is 4.23. The van der Waals surface area contributed by atoms with Crippen molar-refractivity contribution in [1.82, 2.24) is 5.32 Å². The molecule has 0 aliphatic heterocycles. The third kappa shape index (κ3) is 3.32. The van der Waals surface area contributed by atoms with Crippen LogP contribution < -0.4 is 14.8 Å². The number of carboxylic acids is 1. The van der Waals surface area contributed by atoms with E-state index in [4.69, 9.17) is 9.47 Å². The third-order valence-corrected chi connectivity index (χ3v) is 4.23. The van der Waals surface area contributed by atoms with Crippen molar-refractivity contribution in [1.29, 1.82) is 0 Å². The maximum Gasteiger partial charge on any atom is 0.310 e. The van der Waals surface area contributed by atoms with E-state index in [2.05, 4.69) is 5.32 Å². The van der Waals surface area contributed by atoms with Gasteiger partial charge in [0, 0.05) is 24.6 Å². The fourth-order valence-electron chi connectivity index (χ4n) is 2.63. The molecular formula is C16H21NO5. The number of carbonyl (C=O) groups excluding carboxylic acids is 1. The number of hydrogen-bond donors (Lipinski definition) is 2. The van der Waals surface area contributed by atoms with Crippen molar-refractivity contribution >= 4 is 11.9 Å². The van der Waals surface area contributed by atoms with Gasteiger partial charge in [0.05, 0.1) is 19.6 Å². The van der Waals surface area contributed by atoms with Crippen LogP contribution in [-0.4, -0.2) is 31.2 Å². The molecule has 1 aliphatic rings. The van der Waals surface area contributed by atoms with Gasteiger partial charge in [-0.15, -0.1) is 0 Å². The first-order chi connectivity index (χ1) is 10.5. The summed E-state index contributed by atoms with van der Waals surface area (Å²) in [5.74, 6) is 0.165. The largest absolute Gasteiger partial charge is 0.497 e. The van der Waals surface area contributed by atoms with E-state index in [0.29, 0.717) is 30.9 Å². The number of rotatable bonds is 7. The van der Waals surface area contributed by atoms with Crippen LogP contribution in [0, 0.1) is 5.41 Å². The second kappa shape index (κ2) is 6.68. The lowest BCUT2D eigenvalue weighted by Crippen LogP contribution is -2.42. The molecule has 0 spiro atoms. The summed E-state index contributed by atoms with van der Waals surface area (Å²) in [6.07, 6.45) is 2.04. The summed E-state index contributed by atoms with van der Waals surface area (Å²) in [5.41, 5.74) is -0.0525. The Kier molecular flexibility index (Phi) is 4.90. The van der Waals surface area contributed by atoms with Gasteiger partial charge in [-0.25, -0.2) is 0 Å². The van der Waals surface area contributed by atoms with Crippen LogP contribution in [-0.2, 0) is 16.1 Å². The summed E-state index contributed by atoms with van der Waals surface area (Å²) in [5, 5.41) is 12.0. The van der Waals surface area contributed by atoms with E-state index in [1.807, 2.05) is 6.07 Å². The van der Waals surface area contributed by atoms with Crippen molar-refractivity contribution < 1.29 is 24.2 Å². The Morgan fingerprint density at radius 1 is 1.27 bits per heavy atom. The van der Waals surface area contributed by atoms with E-state index in [1.165, 1.54) is 0 Å². The van der Waals surface area contributed by atoms with Crippen LogP contribution in [0.15, 0.2) is 18.2 Å². The Morgan fingerprint density at radius 2 is 2.00 bits per heavy atom. The fraction of sp³-hybridized carbons (Fsp3) is 0.500. The number of carboxylic acid groups (broad SMARTS) is 1. The smallest absolute Gasteiger partial charge is 0.310 e. The minimum Gasteiger partial charge on any atom is -0.497 e. The summed E-state index contributed by atoms with van der Waals surface area (Å²) in [4.78, 5) is 23.3. The first-order valence-electron chi connectivity index (χ1n) is 7.22. The molecule has 2 rings (SSSR count). The Morgan fingerprint density at radius 3 is 2.50 bits per heavy atom. The highest BCUT2D eigenvalue weighted by Gasteiger charge is 2.45. The van der Waals surface area contributed by atoms with Crippen molar-refractivity contribution in [2.45, 2.75) is 32.2 Å². The van der Waals surface area contributed by atoms with Gasteiger partial charge in [-0.1, -0.05) is 6.42 Å². The Hall–Kier alpha value is -2.24. The van der Waals surface area contributed by atoms with Gasteiger partial charge in [-0.05, 0) is 25.0 Å². The molecule has 0 bridgehead atoms. The van der Waals surface area contributed by atoms with Crippen LogP contribution >= 0.6 is 0 Å². The number of nitrogens with one attached hydrogen (secondary N) is 1. The van der Waals surface area contributed by atoms with Crippen LogP contribution in [0.2, 0.25) is 0 Å². The van der Waals surface area contributed by atoms with Gasteiger partial charge in [0.1, 0.15) is 11.5 Å². The zero-order valence-electron chi connectivity index (χ0n) is 12.8. The zero-order chi connectivity index (χ0) is 16.2. The van der Waals surface area contributed by atoms with E-state index < -0.39 is 11.4 Å². The fourth-order valence-corrected chi connectivity index (χ4v) is 2.63. The molecule has 6 nitrogen and oxygen atoms in total. The summed E-state index contributed by atoms with van der Waals surface area (Å²) >= 11 is 0. The molecule has 0 unspecified atom stereocenters. The molecule has 120 valence electrons. The minimum atomic E-state index is -0.879. The molecule has 1 aromatic carbocycles. The maximum atomic E-state index is 12.0. The number of benzene rings is 1. The number of methoxy groups -OCH3 is 2. The van der Waals surface area contributed by atoms with Gasteiger partial charge in [-0.2, -0.15) is 0 Å². The average molecular weight is 307 g/mol. The Bertz CT molecular complexity index is 566. The van der Waals surface area contributed by atoms with Crippen LogP contribution in [0.1, 0.15) is 31.2 Å². The number of carbonyl (C=O) groups is 2. The highest BCUT2D eigenvalue weighted by molar-refractivity contribution is 5.85. The van der Waals surface area contributed by atoms with Gasteiger partial charge in [0.25, 0.3) is 0 Å². The highest BCUT2D eigenvalue weighted by atomic mass is 16.5. The van der Waals surface area contributed by atoms with Gasteiger partial charge in [-0.3, -0.25) is 9.59 Å². The van der Waals surface area contributed by atoms with E-state index >= 15 is 0 Å². The molecule has 6 heteroatoms. The highest BCUT2D eigenvalue weighted by Crippen LogP contribution is 2.44. The standard InChI is InChI=1S/C16H21NO5/c1-21-12-5-4-11(13(8-12)22-2)10-17-14(18)9-16(15(19)20)6-3-7-16/h4-5,8H,3,6-7,9-10H2,1-2H3,(H,17,18)(H,19,20). The minimum absolute atomic E-state index is 0.0286. The van der Waals surface area contributed by atoms with E-state index in [0.717, 1.165) is 12.0 Å². The second-order valence-electron chi connectivity index (χ2n) is 5.57. The quantitative estimate of drug-likeness (QED) is 0.804. The molecule has 1 aromatic rings. The van der Waals surface area contributed by atoms with Crippen molar-refractivity contribution in [2.24, 2.45) is 5.41 Å². The van der Waals surface area contributed by atoms with E-state index in [9.17, 15) is 14.7 Å². The molecule has 0 atom stereocenters. The summed E-state index contributed by atoms with van der Waals surface area (Å²) < 4.78 is 10.4. The molecule has 2 N–H and O–H groups in total. The first kappa shape index (κ1) is 16.1. The molecule has 0 radical (unpaired) electrons. The summed E-state index contributed by atoms with van der Waals surface area (Å²) in [7, 11) is 3.12. The summed E-state index contributed by atoms with van der Waals surface area (Å²) in [6.45, 7) is 0.293. The van der Waals surface area contributed by atoms with E-state index in [1.54, 1.807) is 26.4 Å². The Labute approximate surface area is 129 Å². The van der Waals surface area contributed by atoms with E-state index in [-0.39, 0.29) is 12.3 Å². The SMILES string of the molecule is COc1ccc(CNC(=O)CC2(C(=O)O)CCC2)c(OC)c1. The molecule has 0 saturated heterocycles. The van der Waals surface area contributed by atoms with Crippen molar-refractivity contribution in [3.63, 3.8) is 0 Å². The normalized spacial score (nSPS) is 15.5. The van der Waals surface area contributed by atoms with Crippen molar-refractivity contribution in [3.8, 4) is 11.5 Å². The number of aliphatic carboxylic acids is 1. The molecule has 22 heavy (non-hydrogen) atoms. The average Bonchev–Trinajstić information content (AvgIpc) is 2.48. The molecule has 1 fully saturated rings. The molecule has 0 heterocycles. The van der Waals surface area contributed by atoms with Crippen LogP contribution in [0.5, 0.6) is 11.5 Å².